The highest BCUT2D eigenvalue weighted by molar-refractivity contribution is 5.01. The minimum atomic E-state index is 1.03. The molecule has 1 heteroatoms. The molecule has 0 aliphatic heterocycles. The van der Waals surface area contributed by atoms with Crippen LogP contribution in [0.1, 0.15) is 32.6 Å². The van der Waals surface area contributed by atoms with Crippen LogP contribution in [0.15, 0.2) is 24.3 Å². The van der Waals surface area contributed by atoms with Crippen molar-refractivity contribution in [3.8, 4) is 6.07 Å². The first-order chi connectivity index (χ1) is 5.41. The summed E-state index contributed by atoms with van der Waals surface area (Å²) in [6, 6.07) is 1.98. The van der Waals surface area contributed by atoms with Crippen molar-refractivity contribution in [2.45, 2.75) is 32.6 Å². The highest BCUT2D eigenvalue weighted by atomic mass is 14.2. The Morgan fingerprint density at radius 3 is 2.36 bits per heavy atom. The molecule has 0 aliphatic carbocycles. The van der Waals surface area contributed by atoms with Crippen LogP contribution < -0.4 is 0 Å². The van der Waals surface area contributed by atoms with Gasteiger partial charge in [0, 0.05) is 6.08 Å². The van der Waals surface area contributed by atoms with E-state index in [4.69, 9.17) is 5.26 Å². The molecule has 0 spiro atoms. The van der Waals surface area contributed by atoms with Gasteiger partial charge < -0.3 is 0 Å². The lowest BCUT2D eigenvalue weighted by Crippen LogP contribution is -1.71. The summed E-state index contributed by atoms with van der Waals surface area (Å²) >= 11 is 0. The van der Waals surface area contributed by atoms with Gasteiger partial charge in [-0.2, -0.15) is 5.26 Å². The fourth-order valence-electron chi connectivity index (χ4n) is 0.827. The molecule has 0 atom stereocenters. The van der Waals surface area contributed by atoms with Crippen LogP contribution in [0.25, 0.3) is 0 Å². The number of nitriles is 1. The monoisotopic (exact) mass is 149 g/mol. The number of allylic oxidation sites excluding steroid dienone is 4. The molecule has 0 saturated heterocycles. The molecule has 0 unspecified atom stereocenters. The second-order valence-electron chi connectivity index (χ2n) is 2.38. The highest BCUT2D eigenvalue weighted by Gasteiger charge is 1.81. The van der Waals surface area contributed by atoms with Crippen LogP contribution in [-0.2, 0) is 0 Å². The van der Waals surface area contributed by atoms with Gasteiger partial charge in [0.1, 0.15) is 0 Å². The summed E-state index contributed by atoms with van der Waals surface area (Å²) in [6.07, 6.45) is 12.3. The van der Waals surface area contributed by atoms with Gasteiger partial charge in [-0.05, 0) is 32.6 Å². The maximum atomic E-state index is 8.16. The molecule has 0 aromatic rings. The zero-order chi connectivity index (χ0) is 8.36. The van der Waals surface area contributed by atoms with E-state index in [2.05, 4.69) is 12.2 Å². The average Bonchev–Trinajstić information content (AvgIpc) is 2.03. The molecule has 0 aromatic carbocycles. The van der Waals surface area contributed by atoms with Crippen molar-refractivity contribution in [2.24, 2.45) is 0 Å². The van der Waals surface area contributed by atoms with Gasteiger partial charge in [0.25, 0.3) is 0 Å². The van der Waals surface area contributed by atoms with Crippen molar-refractivity contribution < 1.29 is 0 Å². The zero-order valence-corrected chi connectivity index (χ0v) is 7.09. The molecule has 0 aliphatic rings. The minimum absolute atomic E-state index is 1.03. The van der Waals surface area contributed by atoms with Crippen LogP contribution in [0.5, 0.6) is 0 Å². The minimum Gasteiger partial charge on any atom is -0.193 e. The molecule has 60 valence electrons. The first-order valence-electron chi connectivity index (χ1n) is 4.07. The first-order valence-corrected chi connectivity index (χ1v) is 4.07. The molecule has 11 heavy (non-hydrogen) atoms. The fourth-order valence-corrected chi connectivity index (χ4v) is 0.827. The maximum absolute atomic E-state index is 8.16. The Labute approximate surface area is 69.0 Å². The lowest BCUT2D eigenvalue weighted by molar-refractivity contribution is 0.762. The van der Waals surface area contributed by atoms with Crippen molar-refractivity contribution >= 4 is 0 Å². The highest BCUT2D eigenvalue weighted by Crippen LogP contribution is 2.00. The van der Waals surface area contributed by atoms with Gasteiger partial charge in [-0.15, -0.1) is 0 Å². The Balaban J connectivity index is 3.03. The van der Waals surface area contributed by atoms with E-state index in [-0.39, 0.29) is 0 Å². The van der Waals surface area contributed by atoms with Gasteiger partial charge >= 0.3 is 0 Å². The van der Waals surface area contributed by atoms with Gasteiger partial charge in [0.15, 0.2) is 0 Å². The molecule has 0 rings (SSSR count). The van der Waals surface area contributed by atoms with Crippen molar-refractivity contribution in [1.82, 2.24) is 0 Å². The predicted molar refractivity (Wildman–Crippen MR) is 48.0 cm³/mol. The summed E-state index contributed by atoms with van der Waals surface area (Å²) in [6.45, 7) is 2.04. The van der Waals surface area contributed by atoms with Crippen LogP contribution in [0.4, 0.5) is 0 Å². The lowest BCUT2D eigenvalue weighted by atomic mass is 10.2. The third kappa shape index (κ3) is 8.97. The third-order valence-electron chi connectivity index (χ3n) is 1.42. The number of nitrogens with zero attached hydrogens (tertiary/aromatic N) is 1. The molecule has 0 bridgehead atoms. The van der Waals surface area contributed by atoms with Crippen LogP contribution in [0.3, 0.4) is 0 Å². The van der Waals surface area contributed by atoms with Crippen LogP contribution in [0.2, 0.25) is 0 Å². The Bertz CT molecular complexity index is 160. The fraction of sp³-hybridized carbons (Fsp3) is 0.500. The van der Waals surface area contributed by atoms with Crippen molar-refractivity contribution in [3.05, 3.63) is 24.3 Å². The van der Waals surface area contributed by atoms with E-state index in [1.807, 2.05) is 19.1 Å². The zero-order valence-electron chi connectivity index (χ0n) is 7.09. The third-order valence-corrected chi connectivity index (χ3v) is 1.42. The van der Waals surface area contributed by atoms with Gasteiger partial charge in [-0.3, -0.25) is 0 Å². The topological polar surface area (TPSA) is 23.8 Å². The van der Waals surface area contributed by atoms with E-state index in [1.165, 1.54) is 12.8 Å². The molecule has 0 fully saturated rings. The van der Waals surface area contributed by atoms with E-state index in [1.54, 1.807) is 6.08 Å². The molecular weight excluding hydrogens is 134 g/mol. The number of hydrogen-bond donors (Lipinski definition) is 0. The number of unbranched alkanes of at least 4 members (excludes halogenated alkanes) is 3. The van der Waals surface area contributed by atoms with Gasteiger partial charge in [-0.25, -0.2) is 0 Å². The average molecular weight is 149 g/mol. The van der Waals surface area contributed by atoms with E-state index in [9.17, 15) is 0 Å². The molecule has 0 heterocycles. The van der Waals surface area contributed by atoms with E-state index < -0.39 is 0 Å². The van der Waals surface area contributed by atoms with Crippen molar-refractivity contribution in [1.29, 1.82) is 5.26 Å². The number of hydrogen-bond acceptors (Lipinski definition) is 1. The smallest absolute Gasteiger partial charge is 0.0908 e. The van der Waals surface area contributed by atoms with E-state index in [0.29, 0.717) is 0 Å². The van der Waals surface area contributed by atoms with E-state index >= 15 is 0 Å². The maximum Gasteiger partial charge on any atom is 0.0908 e. The second kappa shape index (κ2) is 8.97. The lowest BCUT2D eigenvalue weighted by Gasteiger charge is -1.90. The van der Waals surface area contributed by atoms with Gasteiger partial charge in [-0.1, -0.05) is 18.2 Å². The molecule has 0 N–H and O–H groups in total. The Hall–Kier alpha value is -1.03. The number of rotatable bonds is 5. The molecule has 1 nitrogen and oxygen atoms in total. The molecule has 0 saturated carbocycles. The molecule has 0 aromatic heterocycles. The summed E-state index contributed by atoms with van der Waals surface area (Å²) in [5.41, 5.74) is 0. The predicted octanol–water partition coefficient (Wildman–Crippen LogP) is 3.20. The summed E-state index contributed by atoms with van der Waals surface area (Å²) in [4.78, 5) is 0. The van der Waals surface area contributed by atoms with Gasteiger partial charge in [0.2, 0.25) is 0 Å². The van der Waals surface area contributed by atoms with Crippen molar-refractivity contribution in [2.75, 3.05) is 0 Å². The summed E-state index contributed by atoms with van der Waals surface area (Å²) in [5.74, 6) is 0. The standard InChI is InChI=1S/C10H15N/c1-2-3-4-5-6-7-8-9-10-11/h2-3,8-9H,4-7H2,1H3/b3-2?,9-8-. The van der Waals surface area contributed by atoms with Crippen LogP contribution in [0, 0.1) is 11.3 Å². The van der Waals surface area contributed by atoms with E-state index in [0.717, 1.165) is 12.8 Å². The summed E-state index contributed by atoms with van der Waals surface area (Å²) in [7, 11) is 0. The molecule has 0 amide bonds. The normalized spacial score (nSPS) is 10.9. The quantitative estimate of drug-likeness (QED) is 0.334. The Morgan fingerprint density at radius 2 is 1.82 bits per heavy atom. The SMILES string of the molecule is CC=CCCCC/C=C\C#N. The largest absolute Gasteiger partial charge is 0.193 e. The Morgan fingerprint density at radius 1 is 1.18 bits per heavy atom. The molecular formula is C10H15N. The Kier molecular flexibility index (Phi) is 8.13. The second-order valence-corrected chi connectivity index (χ2v) is 2.38. The van der Waals surface area contributed by atoms with Crippen LogP contribution in [-0.4, -0.2) is 0 Å². The van der Waals surface area contributed by atoms with Gasteiger partial charge in [0.05, 0.1) is 6.07 Å². The van der Waals surface area contributed by atoms with Crippen LogP contribution >= 0.6 is 0 Å². The first kappa shape index (κ1) is 9.97. The molecule has 0 radical (unpaired) electrons. The summed E-state index contributed by atoms with van der Waals surface area (Å²) < 4.78 is 0. The summed E-state index contributed by atoms with van der Waals surface area (Å²) in [5, 5.41) is 8.16. The van der Waals surface area contributed by atoms with Crippen molar-refractivity contribution in [3.63, 3.8) is 0 Å².